The van der Waals surface area contributed by atoms with Crippen LogP contribution in [0.1, 0.15) is 23.6 Å². The second kappa shape index (κ2) is 6.93. The monoisotopic (exact) mass is 393 g/mol. The number of rotatable bonds is 6. The molecule has 1 aliphatic carbocycles. The first-order valence-corrected chi connectivity index (χ1v) is 9.40. The molecule has 5 rings (SSSR count). The Morgan fingerprint density at radius 3 is 2.93 bits per heavy atom. The van der Waals surface area contributed by atoms with Gasteiger partial charge in [0.2, 0.25) is 0 Å². The number of hydrogen-bond acceptors (Lipinski definition) is 6. The highest BCUT2D eigenvalue weighted by atomic mass is 19.1. The van der Waals surface area contributed by atoms with Gasteiger partial charge in [-0.2, -0.15) is 0 Å². The lowest BCUT2D eigenvalue weighted by Gasteiger charge is -2.02. The highest BCUT2D eigenvalue weighted by Gasteiger charge is 2.40. The number of ether oxygens (including phenoxy) is 1. The zero-order valence-electron chi connectivity index (χ0n) is 15.9. The van der Waals surface area contributed by atoms with E-state index in [-0.39, 0.29) is 5.82 Å². The molecular weight excluding hydrogens is 373 g/mol. The molecule has 0 aliphatic heterocycles. The molecule has 29 heavy (non-hydrogen) atoms. The molecule has 4 aromatic rings. The zero-order valence-corrected chi connectivity index (χ0v) is 15.9. The van der Waals surface area contributed by atoms with E-state index in [2.05, 4.69) is 26.5 Å². The summed E-state index contributed by atoms with van der Waals surface area (Å²) in [6.07, 6.45) is 6.32. The van der Waals surface area contributed by atoms with E-state index in [1.165, 1.54) is 17.1 Å². The lowest BCUT2D eigenvalue weighted by molar-refractivity contribution is 0.184. The highest BCUT2D eigenvalue weighted by Crippen LogP contribution is 2.50. The normalized spacial score (nSPS) is 18.4. The van der Waals surface area contributed by atoms with Crippen molar-refractivity contribution in [2.24, 2.45) is 5.92 Å². The van der Waals surface area contributed by atoms with Crippen LogP contribution in [0.15, 0.2) is 43.0 Å². The number of nitrogens with two attached hydrogens (primary N) is 1. The summed E-state index contributed by atoms with van der Waals surface area (Å²) in [5, 5.41) is 9.16. The standard InChI is InChI=1S/C20H20FN7O/c1-29-10-12-6-14(12)15-9-27(20-18(15)19(22)23-11-24-20)7-13-8-28(26-25-13)17-5-3-2-4-16(17)21/h2-5,8-9,11-12,14H,6-7,10H2,1H3,(H2,22,23,24). The molecule has 0 radical (unpaired) electrons. The number of fused-ring (bicyclic) bond motifs is 1. The Hall–Kier alpha value is -3.33. The molecule has 0 amide bonds. The summed E-state index contributed by atoms with van der Waals surface area (Å²) in [6, 6.07) is 6.46. The fourth-order valence-corrected chi connectivity index (χ4v) is 3.91. The van der Waals surface area contributed by atoms with Crippen LogP contribution in [0.25, 0.3) is 16.7 Å². The topological polar surface area (TPSA) is 96.7 Å². The summed E-state index contributed by atoms with van der Waals surface area (Å²) in [7, 11) is 1.72. The van der Waals surface area contributed by atoms with Crippen molar-refractivity contribution in [1.29, 1.82) is 0 Å². The minimum atomic E-state index is -0.351. The molecule has 2 atom stereocenters. The Morgan fingerprint density at radius 1 is 1.24 bits per heavy atom. The van der Waals surface area contributed by atoms with Gasteiger partial charge in [-0.3, -0.25) is 0 Å². The van der Waals surface area contributed by atoms with Crippen LogP contribution < -0.4 is 5.73 Å². The third-order valence-corrected chi connectivity index (χ3v) is 5.39. The third-order valence-electron chi connectivity index (χ3n) is 5.39. The lowest BCUT2D eigenvalue weighted by atomic mass is 10.1. The zero-order chi connectivity index (χ0) is 20.0. The molecular formula is C20H20FN7O. The summed E-state index contributed by atoms with van der Waals surface area (Å²) in [6.45, 7) is 1.17. The van der Waals surface area contributed by atoms with Crippen LogP contribution in [0.5, 0.6) is 0 Å². The van der Waals surface area contributed by atoms with E-state index in [0.29, 0.717) is 35.6 Å². The molecule has 1 fully saturated rings. The summed E-state index contributed by atoms with van der Waals surface area (Å²) in [5.41, 5.74) is 9.13. The predicted molar refractivity (Wildman–Crippen MR) is 105 cm³/mol. The summed E-state index contributed by atoms with van der Waals surface area (Å²) >= 11 is 0. The van der Waals surface area contributed by atoms with Gasteiger partial charge in [-0.05, 0) is 36.0 Å². The summed E-state index contributed by atoms with van der Waals surface area (Å²) < 4.78 is 22.8. The highest BCUT2D eigenvalue weighted by molar-refractivity contribution is 5.90. The molecule has 3 aromatic heterocycles. The first kappa shape index (κ1) is 17.7. The van der Waals surface area contributed by atoms with Crippen molar-refractivity contribution in [1.82, 2.24) is 29.5 Å². The van der Waals surface area contributed by atoms with Crippen molar-refractivity contribution in [3.05, 3.63) is 60.1 Å². The van der Waals surface area contributed by atoms with Gasteiger partial charge in [0, 0.05) is 19.9 Å². The molecule has 0 bridgehead atoms. The maximum Gasteiger partial charge on any atom is 0.148 e. The fraction of sp³-hybridized carbons (Fsp3) is 0.300. The summed E-state index contributed by atoms with van der Waals surface area (Å²) in [4.78, 5) is 8.62. The van der Waals surface area contributed by atoms with Crippen LogP contribution in [0.4, 0.5) is 10.2 Å². The Kier molecular flexibility index (Phi) is 4.24. The third kappa shape index (κ3) is 3.13. The molecule has 2 N–H and O–H groups in total. The Labute approximate surface area is 166 Å². The van der Waals surface area contributed by atoms with Gasteiger partial charge in [-0.25, -0.2) is 19.0 Å². The quantitative estimate of drug-likeness (QED) is 0.541. The van der Waals surface area contributed by atoms with Crippen molar-refractivity contribution >= 4 is 16.9 Å². The van der Waals surface area contributed by atoms with Gasteiger partial charge in [0.15, 0.2) is 0 Å². The van der Waals surface area contributed by atoms with Crippen LogP contribution in [-0.4, -0.2) is 43.2 Å². The number of hydrogen-bond donors (Lipinski definition) is 1. The molecule has 1 aliphatic rings. The van der Waals surface area contributed by atoms with Gasteiger partial charge >= 0.3 is 0 Å². The van der Waals surface area contributed by atoms with E-state index >= 15 is 0 Å². The second-order valence-electron chi connectivity index (χ2n) is 7.33. The SMILES string of the molecule is COCC1CC1c1cn(Cc2cn(-c3ccccc3F)nn2)c2ncnc(N)c12. The summed E-state index contributed by atoms with van der Waals surface area (Å²) in [5.74, 6) is 1.000. The minimum absolute atomic E-state index is 0.351. The maximum absolute atomic E-state index is 14.0. The van der Waals surface area contributed by atoms with Crippen molar-refractivity contribution in [3.8, 4) is 5.69 Å². The van der Waals surface area contributed by atoms with E-state index in [1.54, 1.807) is 31.5 Å². The molecule has 1 saturated carbocycles. The first-order valence-electron chi connectivity index (χ1n) is 9.40. The molecule has 0 spiro atoms. The molecule has 9 heteroatoms. The van der Waals surface area contributed by atoms with Crippen LogP contribution in [0.2, 0.25) is 0 Å². The van der Waals surface area contributed by atoms with Gasteiger partial charge in [-0.1, -0.05) is 17.3 Å². The fourth-order valence-electron chi connectivity index (χ4n) is 3.91. The van der Waals surface area contributed by atoms with Crippen molar-refractivity contribution in [2.45, 2.75) is 18.9 Å². The van der Waals surface area contributed by atoms with Crippen LogP contribution >= 0.6 is 0 Å². The second-order valence-corrected chi connectivity index (χ2v) is 7.33. The average molecular weight is 393 g/mol. The number of anilines is 1. The number of aromatic nitrogens is 6. The Bertz CT molecular complexity index is 1180. The van der Waals surface area contributed by atoms with E-state index in [1.807, 2.05) is 4.57 Å². The maximum atomic E-state index is 14.0. The number of halogens is 1. The number of nitrogens with zero attached hydrogens (tertiary/aromatic N) is 6. The minimum Gasteiger partial charge on any atom is -0.384 e. The average Bonchev–Trinajstić information content (AvgIpc) is 3.16. The lowest BCUT2D eigenvalue weighted by Crippen LogP contribution is -2.01. The van der Waals surface area contributed by atoms with Crippen LogP contribution in [-0.2, 0) is 11.3 Å². The van der Waals surface area contributed by atoms with Gasteiger partial charge < -0.3 is 15.0 Å². The van der Waals surface area contributed by atoms with E-state index in [9.17, 15) is 4.39 Å². The molecule has 0 saturated heterocycles. The molecule has 1 aromatic carbocycles. The number of benzene rings is 1. The van der Waals surface area contributed by atoms with Crippen molar-refractivity contribution in [2.75, 3.05) is 19.5 Å². The first-order chi connectivity index (χ1) is 14.2. The van der Waals surface area contributed by atoms with E-state index < -0.39 is 0 Å². The van der Waals surface area contributed by atoms with Gasteiger partial charge in [-0.15, -0.1) is 5.10 Å². The van der Waals surface area contributed by atoms with E-state index in [4.69, 9.17) is 10.5 Å². The molecule has 3 heterocycles. The molecule has 148 valence electrons. The van der Waals surface area contributed by atoms with Gasteiger partial charge in [0.1, 0.15) is 35.0 Å². The number of nitrogen functional groups attached to an aromatic ring is 1. The smallest absolute Gasteiger partial charge is 0.148 e. The van der Waals surface area contributed by atoms with Crippen LogP contribution in [0.3, 0.4) is 0 Å². The molecule has 2 unspecified atom stereocenters. The van der Waals surface area contributed by atoms with E-state index in [0.717, 1.165) is 29.6 Å². The Balaban J connectivity index is 1.49. The number of para-hydroxylation sites is 1. The van der Waals surface area contributed by atoms with Crippen molar-refractivity contribution in [3.63, 3.8) is 0 Å². The van der Waals surface area contributed by atoms with Gasteiger partial charge in [0.05, 0.1) is 18.1 Å². The predicted octanol–water partition coefficient (Wildman–Crippen LogP) is 2.53. The number of methoxy groups -OCH3 is 1. The largest absolute Gasteiger partial charge is 0.384 e. The molecule has 8 nitrogen and oxygen atoms in total. The van der Waals surface area contributed by atoms with Crippen LogP contribution in [0, 0.1) is 11.7 Å². The van der Waals surface area contributed by atoms with Gasteiger partial charge in [0.25, 0.3) is 0 Å². The van der Waals surface area contributed by atoms with Crippen molar-refractivity contribution < 1.29 is 9.13 Å². The Morgan fingerprint density at radius 2 is 2.10 bits per heavy atom.